The van der Waals surface area contributed by atoms with Crippen LogP contribution in [-0.2, 0) is 16.6 Å². The van der Waals surface area contributed by atoms with Crippen molar-refractivity contribution in [3.8, 4) is 0 Å². The van der Waals surface area contributed by atoms with Crippen molar-refractivity contribution in [2.24, 2.45) is 7.05 Å². The second kappa shape index (κ2) is 7.33. The number of ether oxygens (including phenoxy) is 1. The lowest BCUT2D eigenvalue weighted by molar-refractivity contribution is -0.143. The SMILES string of the molecule is CCCN(CC(=O)OCC)C(=O)c1cc(Br)cn1C. The number of halogens is 1. The molecule has 0 aliphatic rings. The van der Waals surface area contributed by atoms with Crippen molar-refractivity contribution in [2.45, 2.75) is 20.3 Å². The summed E-state index contributed by atoms with van der Waals surface area (Å²) in [5.41, 5.74) is 0.546. The van der Waals surface area contributed by atoms with Gasteiger partial charge in [0.15, 0.2) is 0 Å². The number of hydrogen-bond acceptors (Lipinski definition) is 3. The van der Waals surface area contributed by atoms with Gasteiger partial charge in [-0.2, -0.15) is 0 Å². The number of rotatable bonds is 6. The molecule has 0 spiro atoms. The number of nitrogens with zero attached hydrogens (tertiary/aromatic N) is 2. The topological polar surface area (TPSA) is 51.5 Å². The van der Waals surface area contributed by atoms with Crippen LogP contribution in [0, 0.1) is 0 Å². The van der Waals surface area contributed by atoms with Gasteiger partial charge in [0.05, 0.1) is 6.61 Å². The van der Waals surface area contributed by atoms with Gasteiger partial charge in [-0.05, 0) is 35.3 Å². The zero-order valence-corrected chi connectivity index (χ0v) is 13.1. The highest BCUT2D eigenvalue weighted by atomic mass is 79.9. The van der Waals surface area contributed by atoms with E-state index < -0.39 is 0 Å². The summed E-state index contributed by atoms with van der Waals surface area (Å²) in [7, 11) is 1.80. The minimum atomic E-state index is -0.377. The molecule has 0 atom stereocenters. The molecule has 0 N–H and O–H groups in total. The largest absolute Gasteiger partial charge is 0.465 e. The fourth-order valence-electron chi connectivity index (χ4n) is 1.78. The van der Waals surface area contributed by atoms with Crippen LogP contribution in [0.25, 0.3) is 0 Å². The monoisotopic (exact) mass is 330 g/mol. The molecule has 19 heavy (non-hydrogen) atoms. The van der Waals surface area contributed by atoms with Gasteiger partial charge in [-0.1, -0.05) is 6.92 Å². The average Bonchev–Trinajstić information content (AvgIpc) is 2.67. The Morgan fingerprint density at radius 3 is 2.58 bits per heavy atom. The zero-order valence-electron chi connectivity index (χ0n) is 11.5. The first-order valence-corrected chi connectivity index (χ1v) is 7.05. The molecule has 1 heterocycles. The highest BCUT2D eigenvalue weighted by Gasteiger charge is 2.21. The Bertz CT molecular complexity index is 457. The van der Waals surface area contributed by atoms with Gasteiger partial charge in [0.1, 0.15) is 12.2 Å². The van der Waals surface area contributed by atoms with E-state index in [0.717, 1.165) is 10.9 Å². The van der Waals surface area contributed by atoms with Crippen LogP contribution in [0.4, 0.5) is 0 Å². The fourth-order valence-corrected chi connectivity index (χ4v) is 2.31. The van der Waals surface area contributed by atoms with Crippen LogP contribution >= 0.6 is 15.9 Å². The lowest BCUT2D eigenvalue weighted by Gasteiger charge is -2.21. The highest BCUT2D eigenvalue weighted by molar-refractivity contribution is 9.10. The van der Waals surface area contributed by atoms with Crippen molar-refractivity contribution in [1.82, 2.24) is 9.47 Å². The predicted molar refractivity (Wildman–Crippen MR) is 75.9 cm³/mol. The fraction of sp³-hybridized carbons (Fsp3) is 0.538. The van der Waals surface area contributed by atoms with Crippen LogP contribution in [0.1, 0.15) is 30.8 Å². The van der Waals surface area contributed by atoms with Crippen molar-refractivity contribution in [2.75, 3.05) is 19.7 Å². The van der Waals surface area contributed by atoms with E-state index in [1.54, 1.807) is 24.6 Å². The molecule has 0 radical (unpaired) electrons. The summed E-state index contributed by atoms with van der Waals surface area (Å²) in [6.45, 7) is 4.55. The normalized spacial score (nSPS) is 10.3. The van der Waals surface area contributed by atoms with E-state index in [0.29, 0.717) is 18.8 Å². The number of aryl methyl sites for hydroxylation is 1. The van der Waals surface area contributed by atoms with E-state index in [1.807, 2.05) is 13.1 Å². The van der Waals surface area contributed by atoms with Crippen molar-refractivity contribution in [1.29, 1.82) is 0 Å². The molecule has 0 fully saturated rings. The lowest BCUT2D eigenvalue weighted by Crippen LogP contribution is -2.37. The number of amides is 1. The first-order chi connectivity index (χ1) is 8.99. The molecular weight excluding hydrogens is 312 g/mol. The number of esters is 1. The van der Waals surface area contributed by atoms with Gasteiger partial charge in [-0.15, -0.1) is 0 Å². The van der Waals surface area contributed by atoms with E-state index in [4.69, 9.17) is 4.74 Å². The predicted octanol–water partition coefficient (Wildman–Crippen LogP) is 2.20. The minimum absolute atomic E-state index is 0.0106. The Morgan fingerprint density at radius 1 is 1.42 bits per heavy atom. The van der Waals surface area contributed by atoms with Gasteiger partial charge in [-0.25, -0.2) is 0 Å². The first-order valence-electron chi connectivity index (χ1n) is 6.26. The summed E-state index contributed by atoms with van der Waals surface area (Å²) in [4.78, 5) is 25.4. The molecule has 0 saturated carbocycles. The van der Waals surface area contributed by atoms with Crippen molar-refractivity contribution in [3.63, 3.8) is 0 Å². The van der Waals surface area contributed by atoms with Crippen LogP contribution in [0.15, 0.2) is 16.7 Å². The average molecular weight is 331 g/mol. The molecule has 1 rings (SSSR count). The minimum Gasteiger partial charge on any atom is -0.465 e. The van der Waals surface area contributed by atoms with Gasteiger partial charge < -0.3 is 14.2 Å². The third-order valence-corrected chi connectivity index (χ3v) is 3.03. The van der Waals surface area contributed by atoms with E-state index in [1.165, 1.54) is 4.90 Å². The van der Waals surface area contributed by atoms with Crippen LogP contribution < -0.4 is 0 Å². The maximum atomic E-state index is 12.4. The van der Waals surface area contributed by atoms with Crippen LogP contribution in [-0.4, -0.2) is 41.0 Å². The van der Waals surface area contributed by atoms with Crippen LogP contribution in [0.5, 0.6) is 0 Å². The van der Waals surface area contributed by atoms with E-state index in [9.17, 15) is 9.59 Å². The summed E-state index contributed by atoms with van der Waals surface area (Å²) in [6, 6.07) is 1.75. The molecule has 0 aliphatic heterocycles. The number of aromatic nitrogens is 1. The molecular formula is C13H19BrN2O3. The third kappa shape index (κ3) is 4.38. The second-order valence-corrected chi connectivity index (χ2v) is 5.10. The number of carbonyl (C=O) groups excluding carboxylic acids is 2. The summed E-state index contributed by atoms with van der Waals surface area (Å²) in [5.74, 6) is -0.541. The third-order valence-electron chi connectivity index (χ3n) is 2.60. The summed E-state index contributed by atoms with van der Waals surface area (Å²) < 4.78 is 7.47. The zero-order chi connectivity index (χ0) is 14.4. The van der Waals surface area contributed by atoms with Gasteiger partial charge in [0.25, 0.3) is 5.91 Å². The second-order valence-electron chi connectivity index (χ2n) is 4.19. The van der Waals surface area contributed by atoms with Crippen LogP contribution in [0.2, 0.25) is 0 Å². The summed E-state index contributed by atoms with van der Waals surface area (Å²) >= 11 is 3.33. The van der Waals surface area contributed by atoms with E-state index in [2.05, 4.69) is 15.9 Å². The summed E-state index contributed by atoms with van der Waals surface area (Å²) in [5, 5.41) is 0. The molecule has 5 nitrogen and oxygen atoms in total. The summed E-state index contributed by atoms with van der Waals surface area (Å²) in [6.07, 6.45) is 2.60. The van der Waals surface area contributed by atoms with Crippen LogP contribution in [0.3, 0.4) is 0 Å². The maximum Gasteiger partial charge on any atom is 0.325 e. The molecule has 0 bridgehead atoms. The Kier molecular flexibility index (Phi) is 6.08. The first kappa shape index (κ1) is 15.8. The van der Waals surface area contributed by atoms with Crippen molar-refractivity contribution < 1.29 is 14.3 Å². The van der Waals surface area contributed by atoms with Gasteiger partial charge >= 0.3 is 5.97 Å². The Balaban J connectivity index is 2.83. The quantitative estimate of drug-likeness (QED) is 0.751. The molecule has 1 amide bonds. The van der Waals surface area contributed by atoms with Gasteiger partial charge in [0.2, 0.25) is 0 Å². The van der Waals surface area contributed by atoms with Crippen molar-refractivity contribution >= 4 is 27.8 Å². The Labute approximate surface area is 121 Å². The Hall–Kier alpha value is -1.30. The lowest BCUT2D eigenvalue weighted by atomic mass is 10.3. The standard InChI is InChI=1S/C13H19BrN2O3/c1-4-6-16(9-12(17)19-5-2)13(18)11-7-10(14)8-15(11)3/h7-8H,4-6,9H2,1-3H3. The molecule has 0 unspecified atom stereocenters. The smallest absolute Gasteiger partial charge is 0.325 e. The molecule has 0 aromatic carbocycles. The molecule has 1 aromatic rings. The molecule has 0 aliphatic carbocycles. The van der Waals surface area contributed by atoms with E-state index in [-0.39, 0.29) is 18.4 Å². The molecule has 0 saturated heterocycles. The molecule has 106 valence electrons. The van der Waals surface area contributed by atoms with Crippen molar-refractivity contribution in [3.05, 3.63) is 22.4 Å². The number of hydrogen-bond donors (Lipinski definition) is 0. The Morgan fingerprint density at radius 2 is 2.11 bits per heavy atom. The van der Waals surface area contributed by atoms with E-state index >= 15 is 0 Å². The molecule has 6 heteroatoms. The molecule has 1 aromatic heterocycles. The highest BCUT2D eigenvalue weighted by Crippen LogP contribution is 2.15. The van der Waals surface area contributed by atoms with Gasteiger partial charge in [0, 0.05) is 24.3 Å². The number of carbonyl (C=O) groups is 2. The van der Waals surface area contributed by atoms with Gasteiger partial charge in [-0.3, -0.25) is 9.59 Å². The maximum absolute atomic E-state index is 12.4.